The highest BCUT2D eigenvalue weighted by Crippen LogP contribution is 2.16. The summed E-state index contributed by atoms with van der Waals surface area (Å²) in [7, 11) is 0. The summed E-state index contributed by atoms with van der Waals surface area (Å²) in [6.45, 7) is 8.94. The summed E-state index contributed by atoms with van der Waals surface area (Å²) in [5, 5.41) is 0. The maximum Gasteiger partial charge on any atom is 0.119 e. The zero-order chi connectivity index (χ0) is 11.4. The molecule has 0 saturated heterocycles. The topological polar surface area (TPSA) is 35.2 Å². The Bertz CT molecular complexity index is 300. The highest BCUT2D eigenvalue weighted by atomic mass is 16.5. The van der Waals surface area contributed by atoms with Gasteiger partial charge in [-0.1, -0.05) is 19.9 Å². The highest BCUT2D eigenvalue weighted by molar-refractivity contribution is 5.32. The molecule has 0 aromatic heterocycles. The Morgan fingerprint density at radius 1 is 1.13 bits per heavy atom. The van der Waals surface area contributed by atoms with Gasteiger partial charge in [0.05, 0.1) is 0 Å². The standard InChI is InChI=1S/C13H21NO/c1-9(2)13(14)8-15-12-6-10(3)5-11(4)7-12/h5-7,9,13H,8,14H2,1-4H3. The summed E-state index contributed by atoms with van der Waals surface area (Å²) in [5.74, 6) is 1.37. The van der Waals surface area contributed by atoms with Crippen LogP contribution in [0.4, 0.5) is 0 Å². The maximum atomic E-state index is 5.92. The third-order valence-corrected chi connectivity index (χ3v) is 2.49. The fraction of sp³-hybridized carbons (Fsp3) is 0.538. The molecule has 0 radical (unpaired) electrons. The van der Waals surface area contributed by atoms with Crippen molar-refractivity contribution < 1.29 is 4.74 Å². The van der Waals surface area contributed by atoms with E-state index in [0.29, 0.717) is 12.5 Å². The smallest absolute Gasteiger partial charge is 0.119 e. The molecule has 0 saturated carbocycles. The number of nitrogens with two attached hydrogens (primary N) is 1. The minimum Gasteiger partial charge on any atom is -0.492 e. The lowest BCUT2D eigenvalue weighted by molar-refractivity contribution is 0.259. The van der Waals surface area contributed by atoms with Gasteiger partial charge in [-0.25, -0.2) is 0 Å². The molecule has 1 aromatic carbocycles. The number of benzene rings is 1. The number of rotatable bonds is 4. The second-order valence-corrected chi connectivity index (χ2v) is 4.54. The molecule has 15 heavy (non-hydrogen) atoms. The molecule has 2 heteroatoms. The van der Waals surface area contributed by atoms with Crippen molar-refractivity contribution in [3.63, 3.8) is 0 Å². The van der Waals surface area contributed by atoms with Crippen molar-refractivity contribution in [2.24, 2.45) is 11.7 Å². The first-order chi connectivity index (χ1) is 6.99. The van der Waals surface area contributed by atoms with Gasteiger partial charge in [0.25, 0.3) is 0 Å². The molecule has 84 valence electrons. The van der Waals surface area contributed by atoms with Crippen LogP contribution in [0, 0.1) is 19.8 Å². The van der Waals surface area contributed by atoms with E-state index in [1.807, 2.05) is 12.1 Å². The molecule has 1 aromatic rings. The number of ether oxygens (including phenoxy) is 1. The molecule has 0 aliphatic carbocycles. The number of hydrogen-bond donors (Lipinski definition) is 1. The van der Waals surface area contributed by atoms with Crippen LogP contribution < -0.4 is 10.5 Å². The predicted octanol–water partition coefficient (Wildman–Crippen LogP) is 2.67. The van der Waals surface area contributed by atoms with Gasteiger partial charge in [0, 0.05) is 6.04 Å². The lowest BCUT2D eigenvalue weighted by atomic mass is 10.1. The molecule has 1 atom stereocenters. The van der Waals surface area contributed by atoms with E-state index in [1.54, 1.807) is 0 Å². The third-order valence-electron chi connectivity index (χ3n) is 2.49. The van der Waals surface area contributed by atoms with Crippen molar-refractivity contribution in [1.82, 2.24) is 0 Å². The van der Waals surface area contributed by atoms with Crippen molar-refractivity contribution in [3.8, 4) is 5.75 Å². The van der Waals surface area contributed by atoms with E-state index in [0.717, 1.165) is 5.75 Å². The van der Waals surface area contributed by atoms with Gasteiger partial charge in [-0.2, -0.15) is 0 Å². The van der Waals surface area contributed by atoms with E-state index in [4.69, 9.17) is 10.5 Å². The molecule has 0 amide bonds. The van der Waals surface area contributed by atoms with Gasteiger partial charge in [0.2, 0.25) is 0 Å². The SMILES string of the molecule is Cc1cc(C)cc(OCC(N)C(C)C)c1. The molecule has 1 unspecified atom stereocenters. The highest BCUT2D eigenvalue weighted by Gasteiger charge is 2.08. The molecule has 0 fully saturated rings. The van der Waals surface area contributed by atoms with E-state index >= 15 is 0 Å². The molecular weight excluding hydrogens is 186 g/mol. The van der Waals surface area contributed by atoms with E-state index in [9.17, 15) is 0 Å². The lowest BCUT2D eigenvalue weighted by Gasteiger charge is -2.16. The van der Waals surface area contributed by atoms with Gasteiger partial charge in [0.1, 0.15) is 12.4 Å². The summed E-state index contributed by atoms with van der Waals surface area (Å²) < 4.78 is 5.67. The van der Waals surface area contributed by atoms with Crippen LogP contribution in [0.25, 0.3) is 0 Å². The van der Waals surface area contributed by atoms with Gasteiger partial charge in [-0.15, -0.1) is 0 Å². The van der Waals surface area contributed by atoms with Crippen LogP contribution in [-0.2, 0) is 0 Å². The van der Waals surface area contributed by atoms with Crippen molar-refractivity contribution in [2.45, 2.75) is 33.7 Å². The molecule has 2 nitrogen and oxygen atoms in total. The Morgan fingerprint density at radius 2 is 1.67 bits per heavy atom. The summed E-state index contributed by atoms with van der Waals surface area (Å²) in [4.78, 5) is 0. The molecule has 0 heterocycles. The maximum absolute atomic E-state index is 5.92. The molecule has 0 bridgehead atoms. The summed E-state index contributed by atoms with van der Waals surface area (Å²) in [6.07, 6.45) is 0. The lowest BCUT2D eigenvalue weighted by Crippen LogP contribution is -2.33. The Kier molecular flexibility index (Phi) is 4.15. The molecule has 0 spiro atoms. The van der Waals surface area contributed by atoms with Crippen molar-refractivity contribution >= 4 is 0 Å². The van der Waals surface area contributed by atoms with Crippen LogP contribution in [-0.4, -0.2) is 12.6 Å². The average Bonchev–Trinajstić information content (AvgIpc) is 2.12. The largest absolute Gasteiger partial charge is 0.492 e. The fourth-order valence-corrected chi connectivity index (χ4v) is 1.40. The van der Waals surface area contributed by atoms with Crippen LogP contribution in [0.5, 0.6) is 5.75 Å². The van der Waals surface area contributed by atoms with E-state index in [2.05, 4.69) is 33.8 Å². The Balaban J connectivity index is 2.57. The van der Waals surface area contributed by atoms with E-state index in [1.165, 1.54) is 11.1 Å². The minimum absolute atomic E-state index is 0.103. The zero-order valence-electron chi connectivity index (χ0n) is 10.1. The summed E-state index contributed by atoms with van der Waals surface area (Å²) in [5.41, 5.74) is 8.37. The van der Waals surface area contributed by atoms with Gasteiger partial charge >= 0.3 is 0 Å². The first-order valence-electron chi connectivity index (χ1n) is 5.45. The Labute approximate surface area is 92.4 Å². The molecule has 0 aliphatic heterocycles. The van der Waals surface area contributed by atoms with Gasteiger partial charge in [0.15, 0.2) is 0 Å². The third kappa shape index (κ3) is 3.92. The van der Waals surface area contributed by atoms with Crippen LogP contribution in [0.3, 0.4) is 0 Å². The predicted molar refractivity (Wildman–Crippen MR) is 64.2 cm³/mol. The average molecular weight is 207 g/mol. The summed E-state index contributed by atoms with van der Waals surface area (Å²) >= 11 is 0. The van der Waals surface area contributed by atoms with Crippen LogP contribution in [0.2, 0.25) is 0 Å². The quantitative estimate of drug-likeness (QED) is 0.823. The first-order valence-corrected chi connectivity index (χ1v) is 5.45. The normalized spacial score (nSPS) is 12.9. The molecule has 1 rings (SSSR count). The van der Waals surface area contributed by atoms with Gasteiger partial charge in [-0.3, -0.25) is 0 Å². The van der Waals surface area contributed by atoms with E-state index < -0.39 is 0 Å². The second-order valence-electron chi connectivity index (χ2n) is 4.54. The van der Waals surface area contributed by atoms with Crippen LogP contribution in [0.15, 0.2) is 18.2 Å². The van der Waals surface area contributed by atoms with Crippen LogP contribution >= 0.6 is 0 Å². The Morgan fingerprint density at radius 3 is 2.13 bits per heavy atom. The van der Waals surface area contributed by atoms with Crippen molar-refractivity contribution in [2.75, 3.05) is 6.61 Å². The van der Waals surface area contributed by atoms with Crippen molar-refractivity contribution in [1.29, 1.82) is 0 Å². The van der Waals surface area contributed by atoms with Gasteiger partial charge in [-0.05, 0) is 43.0 Å². The first kappa shape index (κ1) is 12.1. The second kappa shape index (κ2) is 5.17. The minimum atomic E-state index is 0.103. The molecular formula is C13H21NO. The zero-order valence-corrected chi connectivity index (χ0v) is 10.1. The van der Waals surface area contributed by atoms with E-state index in [-0.39, 0.29) is 6.04 Å². The molecule has 0 aliphatic rings. The Hall–Kier alpha value is -1.02. The van der Waals surface area contributed by atoms with Gasteiger partial charge < -0.3 is 10.5 Å². The fourth-order valence-electron chi connectivity index (χ4n) is 1.40. The monoisotopic (exact) mass is 207 g/mol. The van der Waals surface area contributed by atoms with Crippen molar-refractivity contribution in [3.05, 3.63) is 29.3 Å². The summed E-state index contributed by atoms with van der Waals surface area (Å²) in [6, 6.07) is 6.32. The number of aryl methyl sites for hydroxylation is 2. The number of hydrogen-bond acceptors (Lipinski definition) is 2. The molecule has 2 N–H and O–H groups in total. The van der Waals surface area contributed by atoms with Crippen LogP contribution in [0.1, 0.15) is 25.0 Å².